The second-order valence-electron chi connectivity index (χ2n) is 4.65. The molecule has 0 aliphatic rings. The van der Waals surface area contributed by atoms with Gasteiger partial charge in [-0.25, -0.2) is 0 Å². The number of carbonyl (C=O) groups is 2. The van der Waals surface area contributed by atoms with Gasteiger partial charge in [-0.15, -0.1) is 6.58 Å². The summed E-state index contributed by atoms with van der Waals surface area (Å²) < 4.78 is 0. The number of rotatable bonds is 5. The molecule has 2 amide bonds. The Hall–Kier alpha value is -2.30. The molecule has 2 aromatic carbocycles. The summed E-state index contributed by atoms with van der Waals surface area (Å²) in [6.07, 6.45) is 1.59. The molecule has 0 unspecified atom stereocenters. The third kappa shape index (κ3) is 4.58. The van der Waals surface area contributed by atoms with Crippen LogP contribution in [0.25, 0.3) is 0 Å². The van der Waals surface area contributed by atoms with Crippen molar-refractivity contribution in [2.75, 3.05) is 11.9 Å². The lowest BCUT2D eigenvalue weighted by atomic mass is 10.1. The molecule has 0 aromatic heterocycles. The molecule has 4 nitrogen and oxygen atoms in total. The van der Waals surface area contributed by atoms with Gasteiger partial charge < -0.3 is 10.6 Å². The Kier molecular flexibility index (Phi) is 5.79. The van der Waals surface area contributed by atoms with E-state index >= 15 is 0 Å². The van der Waals surface area contributed by atoms with Gasteiger partial charge in [-0.2, -0.15) is 0 Å². The fourth-order valence-corrected chi connectivity index (χ4v) is 2.28. The van der Waals surface area contributed by atoms with Gasteiger partial charge in [0, 0.05) is 22.7 Å². The molecule has 2 N–H and O–H groups in total. The zero-order valence-corrected chi connectivity index (χ0v) is 13.6. The maximum absolute atomic E-state index is 12.2. The van der Waals surface area contributed by atoms with Crippen molar-refractivity contribution in [1.82, 2.24) is 5.32 Å². The molecule has 0 atom stereocenters. The first kappa shape index (κ1) is 17.1. The standard InChI is InChI=1S/C17H14Cl2N2O2/c1-2-9-20-16(22)11-3-5-12(6-4-11)17(23)21-15-8-7-13(18)10-14(15)19/h2-8,10H,1,9H2,(H,20,22)(H,21,23). The van der Waals surface area contributed by atoms with Gasteiger partial charge >= 0.3 is 0 Å². The first-order chi connectivity index (χ1) is 11.0. The SMILES string of the molecule is C=CCNC(=O)c1ccc(C(=O)Nc2ccc(Cl)cc2Cl)cc1. The van der Waals surface area contributed by atoms with Crippen molar-refractivity contribution in [3.8, 4) is 0 Å². The first-order valence-electron chi connectivity index (χ1n) is 6.77. The van der Waals surface area contributed by atoms with Gasteiger partial charge in [0.25, 0.3) is 11.8 Å². The van der Waals surface area contributed by atoms with Gasteiger partial charge in [0.1, 0.15) is 0 Å². The van der Waals surface area contributed by atoms with Crippen molar-refractivity contribution in [3.63, 3.8) is 0 Å². The molecule has 0 saturated heterocycles. The summed E-state index contributed by atoms with van der Waals surface area (Å²) in [4.78, 5) is 24.0. The lowest BCUT2D eigenvalue weighted by Crippen LogP contribution is -2.23. The van der Waals surface area contributed by atoms with Crippen LogP contribution in [-0.2, 0) is 0 Å². The highest BCUT2D eigenvalue weighted by Crippen LogP contribution is 2.25. The van der Waals surface area contributed by atoms with Crippen LogP contribution >= 0.6 is 23.2 Å². The molecule has 118 valence electrons. The van der Waals surface area contributed by atoms with E-state index in [2.05, 4.69) is 17.2 Å². The summed E-state index contributed by atoms with van der Waals surface area (Å²) in [6, 6.07) is 11.1. The van der Waals surface area contributed by atoms with Gasteiger partial charge in [-0.1, -0.05) is 29.3 Å². The van der Waals surface area contributed by atoms with Gasteiger partial charge in [0.15, 0.2) is 0 Å². The van der Waals surface area contributed by atoms with Crippen LogP contribution in [0.1, 0.15) is 20.7 Å². The summed E-state index contributed by atoms with van der Waals surface area (Å²) in [6.45, 7) is 3.91. The second-order valence-corrected chi connectivity index (χ2v) is 5.50. The zero-order valence-electron chi connectivity index (χ0n) is 12.1. The van der Waals surface area contributed by atoms with Gasteiger partial charge in [0.2, 0.25) is 0 Å². The number of nitrogens with one attached hydrogen (secondary N) is 2. The fourth-order valence-electron chi connectivity index (χ4n) is 1.83. The minimum absolute atomic E-state index is 0.224. The summed E-state index contributed by atoms with van der Waals surface area (Å²) >= 11 is 11.8. The number of benzene rings is 2. The summed E-state index contributed by atoms with van der Waals surface area (Å²) in [5.41, 5.74) is 1.35. The van der Waals surface area contributed by atoms with Crippen molar-refractivity contribution in [2.45, 2.75) is 0 Å². The number of halogens is 2. The maximum Gasteiger partial charge on any atom is 0.255 e. The number of anilines is 1. The molecule has 2 aromatic rings. The average Bonchev–Trinajstić information content (AvgIpc) is 2.55. The van der Waals surface area contributed by atoms with Crippen molar-refractivity contribution in [3.05, 3.63) is 76.3 Å². The normalized spacial score (nSPS) is 10.0. The van der Waals surface area contributed by atoms with E-state index in [1.54, 1.807) is 48.5 Å². The Morgan fingerprint density at radius 1 is 1.00 bits per heavy atom. The summed E-state index contributed by atoms with van der Waals surface area (Å²) in [5, 5.41) is 6.20. The Bertz CT molecular complexity index is 743. The highest BCUT2D eigenvalue weighted by Gasteiger charge is 2.10. The Labute approximate surface area is 144 Å². The lowest BCUT2D eigenvalue weighted by molar-refractivity contribution is 0.0956. The van der Waals surface area contributed by atoms with E-state index in [4.69, 9.17) is 23.2 Å². The van der Waals surface area contributed by atoms with Crippen molar-refractivity contribution < 1.29 is 9.59 Å². The Morgan fingerprint density at radius 3 is 2.17 bits per heavy atom. The highest BCUT2D eigenvalue weighted by atomic mass is 35.5. The van der Waals surface area contributed by atoms with E-state index in [1.165, 1.54) is 0 Å². The molecule has 0 aliphatic heterocycles. The Balaban J connectivity index is 2.08. The number of carbonyl (C=O) groups excluding carboxylic acids is 2. The van der Waals surface area contributed by atoms with Crippen molar-refractivity contribution in [2.24, 2.45) is 0 Å². The van der Waals surface area contributed by atoms with Crippen LogP contribution in [0.3, 0.4) is 0 Å². The summed E-state index contributed by atoms with van der Waals surface area (Å²) in [7, 11) is 0. The van der Waals surface area contributed by atoms with E-state index in [0.29, 0.717) is 33.4 Å². The summed E-state index contributed by atoms with van der Waals surface area (Å²) in [5.74, 6) is -0.551. The lowest BCUT2D eigenvalue weighted by Gasteiger charge is -2.08. The van der Waals surface area contributed by atoms with Crippen molar-refractivity contribution in [1.29, 1.82) is 0 Å². The van der Waals surface area contributed by atoms with E-state index < -0.39 is 0 Å². The molecule has 6 heteroatoms. The van der Waals surface area contributed by atoms with Gasteiger partial charge in [-0.3, -0.25) is 9.59 Å². The van der Waals surface area contributed by atoms with Crippen LogP contribution in [0.15, 0.2) is 55.1 Å². The van der Waals surface area contributed by atoms with E-state index in [1.807, 2.05) is 0 Å². The largest absolute Gasteiger partial charge is 0.349 e. The Morgan fingerprint density at radius 2 is 1.61 bits per heavy atom. The molecule has 0 radical (unpaired) electrons. The molecule has 0 aliphatic carbocycles. The quantitative estimate of drug-likeness (QED) is 0.797. The van der Waals surface area contributed by atoms with Crippen LogP contribution in [-0.4, -0.2) is 18.4 Å². The van der Waals surface area contributed by atoms with Gasteiger partial charge in [0.05, 0.1) is 10.7 Å². The molecule has 0 saturated carbocycles. The van der Waals surface area contributed by atoms with Crippen LogP contribution < -0.4 is 10.6 Å². The predicted octanol–water partition coefficient (Wildman–Crippen LogP) is 4.16. The molecular formula is C17H14Cl2N2O2. The zero-order chi connectivity index (χ0) is 16.8. The molecule has 0 heterocycles. The predicted molar refractivity (Wildman–Crippen MR) is 93.4 cm³/mol. The maximum atomic E-state index is 12.2. The van der Waals surface area contributed by atoms with E-state index in [0.717, 1.165) is 0 Å². The van der Waals surface area contributed by atoms with Crippen LogP contribution in [0.2, 0.25) is 10.0 Å². The molecular weight excluding hydrogens is 335 g/mol. The molecule has 0 bridgehead atoms. The molecule has 2 rings (SSSR count). The smallest absolute Gasteiger partial charge is 0.255 e. The molecule has 0 spiro atoms. The third-order valence-electron chi connectivity index (χ3n) is 3.00. The second kappa shape index (κ2) is 7.81. The number of hydrogen-bond donors (Lipinski definition) is 2. The third-order valence-corrected chi connectivity index (χ3v) is 3.54. The van der Waals surface area contributed by atoms with Crippen LogP contribution in [0.5, 0.6) is 0 Å². The average molecular weight is 349 g/mol. The number of amides is 2. The topological polar surface area (TPSA) is 58.2 Å². The van der Waals surface area contributed by atoms with E-state index in [-0.39, 0.29) is 11.8 Å². The van der Waals surface area contributed by atoms with Crippen LogP contribution in [0.4, 0.5) is 5.69 Å². The van der Waals surface area contributed by atoms with Crippen molar-refractivity contribution >= 4 is 40.7 Å². The molecule has 0 fully saturated rings. The van der Waals surface area contributed by atoms with Gasteiger partial charge in [-0.05, 0) is 42.5 Å². The fraction of sp³-hybridized carbons (Fsp3) is 0.0588. The minimum atomic E-state index is -0.327. The molecule has 23 heavy (non-hydrogen) atoms. The van der Waals surface area contributed by atoms with E-state index in [9.17, 15) is 9.59 Å². The van der Waals surface area contributed by atoms with Crippen LogP contribution in [0, 0.1) is 0 Å². The number of hydrogen-bond acceptors (Lipinski definition) is 2. The highest BCUT2D eigenvalue weighted by molar-refractivity contribution is 6.36. The monoisotopic (exact) mass is 348 g/mol. The minimum Gasteiger partial charge on any atom is -0.349 e. The first-order valence-corrected chi connectivity index (χ1v) is 7.52.